The summed E-state index contributed by atoms with van der Waals surface area (Å²) in [4.78, 5) is 34.8. The molecule has 0 aliphatic rings. The van der Waals surface area contributed by atoms with Crippen molar-refractivity contribution in [2.75, 3.05) is 5.32 Å². The van der Waals surface area contributed by atoms with E-state index in [9.17, 15) is 19.5 Å². The molecule has 2 aromatic rings. The Labute approximate surface area is 137 Å². The van der Waals surface area contributed by atoms with Crippen molar-refractivity contribution in [2.24, 2.45) is 0 Å². The Hall–Kier alpha value is -3.35. The standard InChI is InChI=1S/C17H15NO6/c1-10(19)23-15-13(8-9-14(21)16(15)24-11(2)20)18-17(22)12-6-4-3-5-7-12/h3-9,21H,1-2H3,(H,18,22). The topological polar surface area (TPSA) is 102 Å². The first kappa shape index (κ1) is 17.0. The smallest absolute Gasteiger partial charge is 0.308 e. The number of esters is 2. The summed E-state index contributed by atoms with van der Waals surface area (Å²) in [5.74, 6) is -2.87. The summed E-state index contributed by atoms with van der Waals surface area (Å²) in [5.41, 5.74) is 0.460. The van der Waals surface area contributed by atoms with Crippen LogP contribution in [0.2, 0.25) is 0 Å². The van der Waals surface area contributed by atoms with Crippen LogP contribution in [0, 0.1) is 0 Å². The highest BCUT2D eigenvalue weighted by Crippen LogP contribution is 2.42. The van der Waals surface area contributed by atoms with Gasteiger partial charge in [-0.2, -0.15) is 0 Å². The molecule has 0 saturated heterocycles. The van der Waals surface area contributed by atoms with Gasteiger partial charge in [-0.3, -0.25) is 14.4 Å². The van der Waals surface area contributed by atoms with Crippen LogP contribution in [-0.2, 0) is 9.59 Å². The first-order valence-electron chi connectivity index (χ1n) is 6.97. The van der Waals surface area contributed by atoms with E-state index in [1.165, 1.54) is 12.1 Å². The summed E-state index contributed by atoms with van der Waals surface area (Å²) in [6.45, 7) is 2.27. The van der Waals surface area contributed by atoms with Gasteiger partial charge in [0.05, 0.1) is 5.69 Å². The van der Waals surface area contributed by atoms with E-state index in [0.29, 0.717) is 5.56 Å². The van der Waals surface area contributed by atoms with Gasteiger partial charge >= 0.3 is 11.9 Å². The Bertz CT molecular complexity index is 785. The summed E-state index contributed by atoms with van der Waals surface area (Å²) in [6.07, 6.45) is 0. The minimum Gasteiger partial charge on any atom is -0.504 e. The molecule has 0 radical (unpaired) electrons. The van der Waals surface area contributed by atoms with Crippen LogP contribution in [0.1, 0.15) is 24.2 Å². The number of phenolic OH excluding ortho intramolecular Hbond substituents is 1. The number of aromatic hydroxyl groups is 1. The predicted octanol–water partition coefficient (Wildman–Crippen LogP) is 2.50. The van der Waals surface area contributed by atoms with Gasteiger partial charge in [-0.05, 0) is 24.3 Å². The van der Waals surface area contributed by atoms with Gasteiger partial charge < -0.3 is 19.9 Å². The lowest BCUT2D eigenvalue weighted by Gasteiger charge is -2.15. The van der Waals surface area contributed by atoms with E-state index in [2.05, 4.69) is 5.32 Å². The molecule has 0 unspecified atom stereocenters. The number of anilines is 1. The fourth-order valence-electron chi connectivity index (χ4n) is 1.92. The van der Waals surface area contributed by atoms with Gasteiger partial charge in [-0.1, -0.05) is 18.2 Å². The van der Waals surface area contributed by atoms with E-state index in [1.807, 2.05) is 0 Å². The van der Waals surface area contributed by atoms with E-state index in [1.54, 1.807) is 30.3 Å². The first-order valence-corrected chi connectivity index (χ1v) is 6.97. The molecule has 2 N–H and O–H groups in total. The molecule has 0 heterocycles. The SMILES string of the molecule is CC(=O)Oc1c(O)ccc(NC(=O)c2ccccc2)c1OC(C)=O. The van der Waals surface area contributed by atoms with Crippen LogP contribution < -0.4 is 14.8 Å². The minimum atomic E-state index is -0.717. The van der Waals surface area contributed by atoms with Crippen molar-refractivity contribution in [3.8, 4) is 17.2 Å². The molecule has 0 spiro atoms. The van der Waals surface area contributed by atoms with Crippen molar-refractivity contribution in [3.05, 3.63) is 48.0 Å². The lowest BCUT2D eigenvalue weighted by Crippen LogP contribution is -2.15. The highest BCUT2D eigenvalue weighted by Gasteiger charge is 2.21. The lowest BCUT2D eigenvalue weighted by molar-refractivity contribution is -0.134. The first-order chi connectivity index (χ1) is 11.4. The zero-order valence-electron chi connectivity index (χ0n) is 13.0. The monoisotopic (exact) mass is 329 g/mol. The summed E-state index contributed by atoms with van der Waals surface area (Å²) in [5, 5.41) is 12.4. The van der Waals surface area contributed by atoms with E-state index in [-0.39, 0.29) is 17.2 Å². The van der Waals surface area contributed by atoms with Crippen LogP contribution in [-0.4, -0.2) is 23.0 Å². The van der Waals surface area contributed by atoms with Crippen molar-refractivity contribution < 1.29 is 29.0 Å². The second-order valence-corrected chi connectivity index (χ2v) is 4.80. The molecule has 7 nitrogen and oxygen atoms in total. The van der Waals surface area contributed by atoms with Gasteiger partial charge in [0.2, 0.25) is 11.5 Å². The summed E-state index contributed by atoms with van der Waals surface area (Å²) in [6, 6.07) is 10.9. The molecular formula is C17H15NO6. The number of amides is 1. The molecule has 24 heavy (non-hydrogen) atoms. The van der Waals surface area contributed by atoms with Crippen LogP contribution in [0.15, 0.2) is 42.5 Å². The minimum absolute atomic E-state index is 0.0769. The third kappa shape index (κ3) is 4.10. The van der Waals surface area contributed by atoms with Crippen molar-refractivity contribution in [1.82, 2.24) is 0 Å². The van der Waals surface area contributed by atoms with Crippen LogP contribution in [0.3, 0.4) is 0 Å². The number of carbonyl (C=O) groups excluding carboxylic acids is 3. The van der Waals surface area contributed by atoms with Crippen molar-refractivity contribution in [1.29, 1.82) is 0 Å². The quantitative estimate of drug-likeness (QED) is 0.507. The van der Waals surface area contributed by atoms with E-state index >= 15 is 0 Å². The molecule has 0 bridgehead atoms. The molecule has 7 heteroatoms. The summed E-state index contributed by atoms with van der Waals surface area (Å²) >= 11 is 0. The van der Waals surface area contributed by atoms with Crippen LogP contribution in [0.5, 0.6) is 17.2 Å². The predicted molar refractivity (Wildman–Crippen MR) is 85.1 cm³/mol. The number of ether oxygens (including phenoxy) is 2. The maximum absolute atomic E-state index is 12.2. The maximum Gasteiger partial charge on any atom is 0.308 e. The fourth-order valence-corrected chi connectivity index (χ4v) is 1.92. The van der Waals surface area contributed by atoms with Gasteiger partial charge in [0.15, 0.2) is 5.75 Å². The fraction of sp³-hybridized carbons (Fsp3) is 0.118. The van der Waals surface area contributed by atoms with Gasteiger partial charge in [-0.15, -0.1) is 0 Å². The van der Waals surface area contributed by atoms with Crippen LogP contribution >= 0.6 is 0 Å². The molecule has 0 atom stereocenters. The third-order valence-corrected chi connectivity index (χ3v) is 2.87. The number of benzene rings is 2. The number of hydrogen-bond donors (Lipinski definition) is 2. The Kier molecular flexibility index (Phi) is 5.16. The van der Waals surface area contributed by atoms with E-state index in [4.69, 9.17) is 9.47 Å². The molecule has 2 rings (SSSR count). The van der Waals surface area contributed by atoms with E-state index < -0.39 is 23.6 Å². The average molecular weight is 329 g/mol. The van der Waals surface area contributed by atoms with Crippen LogP contribution in [0.4, 0.5) is 5.69 Å². The average Bonchev–Trinajstić information content (AvgIpc) is 2.53. The largest absolute Gasteiger partial charge is 0.504 e. The number of phenols is 1. The zero-order chi connectivity index (χ0) is 17.7. The van der Waals surface area contributed by atoms with Gasteiger partial charge in [0.1, 0.15) is 0 Å². The molecule has 124 valence electrons. The molecule has 1 amide bonds. The zero-order valence-corrected chi connectivity index (χ0v) is 13.0. The number of nitrogens with one attached hydrogen (secondary N) is 1. The third-order valence-electron chi connectivity index (χ3n) is 2.87. The molecule has 0 aliphatic carbocycles. The maximum atomic E-state index is 12.2. The highest BCUT2D eigenvalue weighted by molar-refractivity contribution is 6.05. The summed E-state index contributed by atoms with van der Waals surface area (Å²) < 4.78 is 9.89. The van der Waals surface area contributed by atoms with Gasteiger partial charge in [-0.25, -0.2) is 0 Å². The summed E-state index contributed by atoms with van der Waals surface area (Å²) in [7, 11) is 0. The highest BCUT2D eigenvalue weighted by atomic mass is 16.6. The van der Waals surface area contributed by atoms with Gasteiger partial charge in [0.25, 0.3) is 5.91 Å². The molecule has 0 fully saturated rings. The lowest BCUT2D eigenvalue weighted by atomic mass is 10.2. The Morgan fingerprint density at radius 3 is 2.04 bits per heavy atom. The number of carbonyl (C=O) groups is 3. The Balaban J connectivity index is 2.43. The van der Waals surface area contributed by atoms with Crippen molar-refractivity contribution >= 4 is 23.5 Å². The second-order valence-electron chi connectivity index (χ2n) is 4.80. The molecule has 0 aromatic heterocycles. The molecule has 0 saturated carbocycles. The van der Waals surface area contributed by atoms with Crippen LogP contribution in [0.25, 0.3) is 0 Å². The molecule has 2 aromatic carbocycles. The van der Waals surface area contributed by atoms with Crippen molar-refractivity contribution in [2.45, 2.75) is 13.8 Å². The molecular weight excluding hydrogens is 314 g/mol. The van der Waals surface area contributed by atoms with Crippen molar-refractivity contribution in [3.63, 3.8) is 0 Å². The van der Waals surface area contributed by atoms with E-state index in [0.717, 1.165) is 13.8 Å². The normalized spacial score (nSPS) is 9.92. The number of rotatable bonds is 4. The van der Waals surface area contributed by atoms with Gasteiger partial charge in [0, 0.05) is 19.4 Å². The number of hydrogen-bond acceptors (Lipinski definition) is 6. The Morgan fingerprint density at radius 2 is 1.46 bits per heavy atom. The molecule has 0 aliphatic heterocycles. The second kappa shape index (κ2) is 7.28. The Morgan fingerprint density at radius 1 is 0.875 bits per heavy atom.